The lowest BCUT2D eigenvalue weighted by Gasteiger charge is -2.08. The summed E-state index contributed by atoms with van der Waals surface area (Å²) in [5.74, 6) is 0.00255. The maximum absolute atomic E-state index is 11.8. The summed E-state index contributed by atoms with van der Waals surface area (Å²) in [4.78, 5) is 16.5. The third kappa shape index (κ3) is 2.69. The molecule has 16 heavy (non-hydrogen) atoms. The Hall–Kier alpha value is -1.64. The van der Waals surface area contributed by atoms with E-state index in [9.17, 15) is 4.79 Å². The topological polar surface area (TPSA) is 38.7 Å². The summed E-state index contributed by atoms with van der Waals surface area (Å²) in [6, 6.07) is 7.78. The molecule has 3 nitrogen and oxygen atoms in total. The maximum atomic E-state index is 11.8. The van der Waals surface area contributed by atoms with E-state index < -0.39 is 0 Å². The number of oxime groups is 1. The van der Waals surface area contributed by atoms with Crippen LogP contribution in [0, 0.1) is 0 Å². The number of Topliss-reactive ketones (excluding diaryl/α,β-unsaturated/α-hetero) is 1. The van der Waals surface area contributed by atoms with E-state index >= 15 is 0 Å². The lowest BCUT2D eigenvalue weighted by Crippen LogP contribution is -2.16. The first kappa shape index (κ1) is 12.4. The molecule has 0 radical (unpaired) electrons. The highest BCUT2D eigenvalue weighted by molar-refractivity contribution is 6.46. The fourth-order valence-corrected chi connectivity index (χ4v) is 1.57. The van der Waals surface area contributed by atoms with E-state index in [4.69, 9.17) is 4.84 Å². The fourth-order valence-electron chi connectivity index (χ4n) is 1.57. The van der Waals surface area contributed by atoms with Crippen molar-refractivity contribution >= 4 is 11.5 Å². The summed E-state index contributed by atoms with van der Waals surface area (Å²) in [6.45, 7) is 3.88. The molecule has 86 valence electrons. The molecule has 3 heteroatoms. The standard InChI is InChI=1S/C13H17NO2/c1-4-10-8-6-7-9-11(10)13(14-16-3)12(15)5-2/h6-9H,4-5H2,1-3H3/b14-13-. The Morgan fingerprint density at radius 1 is 1.31 bits per heavy atom. The molecule has 1 aromatic rings. The predicted octanol–water partition coefficient (Wildman–Crippen LogP) is 2.58. The largest absolute Gasteiger partial charge is 0.399 e. The summed E-state index contributed by atoms with van der Waals surface area (Å²) >= 11 is 0. The predicted molar refractivity (Wildman–Crippen MR) is 64.7 cm³/mol. The molecule has 1 aromatic carbocycles. The van der Waals surface area contributed by atoms with Crippen LogP contribution in [0.5, 0.6) is 0 Å². The van der Waals surface area contributed by atoms with Crippen molar-refractivity contribution in [2.45, 2.75) is 26.7 Å². The van der Waals surface area contributed by atoms with Crippen molar-refractivity contribution in [2.24, 2.45) is 5.16 Å². The maximum Gasteiger partial charge on any atom is 0.184 e. The van der Waals surface area contributed by atoms with Crippen LogP contribution in [0.4, 0.5) is 0 Å². The van der Waals surface area contributed by atoms with E-state index in [-0.39, 0.29) is 5.78 Å². The molecular weight excluding hydrogens is 202 g/mol. The van der Waals surface area contributed by atoms with Crippen molar-refractivity contribution in [1.29, 1.82) is 0 Å². The normalized spacial score (nSPS) is 11.3. The van der Waals surface area contributed by atoms with Gasteiger partial charge in [0.2, 0.25) is 0 Å². The van der Waals surface area contributed by atoms with E-state index in [0.717, 1.165) is 17.5 Å². The zero-order valence-corrected chi connectivity index (χ0v) is 9.99. The number of hydrogen-bond acceptors (Lipinski definition) is 3. The number of nitrogens with zero attached hydrogens (tertiary/aromatic N) is 1. The SMILES string of the molecule is CCC(=O)/C(=N\OC)c1ccccc1CC. The van der Waals surface area contributed by atoms with E-state index in [1.54, 1.807) is 0 Å². The molecule has 0 fully saturated rings. The second kappa shape index (κ2) is 6.05. The molecule has 0 aliphatic rings. The van der Waals surface area contributed by atoms with Crippen molar-refractivity contribution in [3.05, 3.63) is 35.4 Å². The van der Waals surface area contributed by atoms with Gasteiger partial charge in [-0.2, -0.15) is 0 Å². The van der Waals surface area contributed by atoms with Gasteiger partial charge in [-0.15, -0.1) is 0 Å². The quantitative estimate of drug-likeness (QED) is 0.564. The minimum atomic E-state index is 0.00255. The van der Waals surface area contributed by atoms with Crippen LogP contribution < -0.4 is 0 Å². The summed E-state index contributed by atoms with van der Waals surface area (Å²) in [5, 5.41) is 3.84. The molecule has 0 saturated carbocycles. The van der Waals surface area contributed by atoms with Gasteiger partial charge in [-0.25, -0.2) is 0 Å². The van der Waals surface area contributed by atoms with E-state index in [1.165, 1.54) is 7.11 Å². The highest BCUT2D eigenvalue weighted by Gasteiger charge is 2.15. The molecule has 0 bridgehead atoms. The van der Waals surface area contributed by atoms with Crippen molar-refractivity contribution < 1.29 is 9.63 Å². The molecule has 0 aliphatic heterocycles. The zero-order chi connectivity index (χ0) is 12.0. The van der Waals surface area contributed by atoms with Crippen LogP contribution in [0.25, 0.3) is 0 Å². The Bertz CT molecular complexity index is 397. The smallest absolute Gasteiger partial charge is 0.184 e. The van der Waals surface area contributed by atoms with Crippen molar-refractivity contribution in [1.82, 2.24) is 0 Å². The van der Waals surface area contributed by atoms with Crippen LogP contribution in [0.2, 0.25) is 0 Å². The lowest BCUT2D eigenvalue weighted by molar-refractivity contribution is -0.112. The molecule has 0 saturated heterocycles. The van der Waals surface area contributed by atoms with Crippen molar-refractivity contribution in [3.8, 4) is 0 Å². The Morgan fingerprint density at radius 3 is 2.56 bits per heavy atom. The highest BCUT2D eigenvalue weighted by atomic mass is 16.6. The van der Waals surface area contributed by atoms with E-state index in [0.29, 0.717) is 12.1 Å². The summed E-state index contributed by atoms with van der Waals surface area (Å²) in [7, 11) is 1.46. The van der Waals surface area contributed by atoms with Gasteiger partial charge in [-0.05, 0) is 12.0 Å². The number of aryl methyl sites for hydroxylation is 1. The minimum Gasteiger partial charge on any atom is -0.399 e. The molecule has 0 spiro atoms. The molecular formula is C13H17NO2. The summed E-state index contributed by atoms with van der Waals surface area (Å²) < 4.78 is 0. The third-order valence-corrected chi connectivity index (χ3v) is 2.42. The second-order valence-corrected chi connectivity index (χ2v) is 3.41. The molecule has 0 unspecified atom stereocenters. The first-order valence-electron chi connectivity index (χ1n) is 5.47. The average Bonchev–Trinajstić information content (AvgIpc) is 2.35. The second-order valence-electron chi connectivity index (χ2n) is 3.41. The van der Waals surface area contributed by atoms with Gasteiger partial charge in [0.25, 0.3) is 0 Å². The van der Waals surface area contributed by atoms with Crippen LogP contribution in [-0.4, -0.2) is 18.6 Å². The molecule has 0 aromatic heterocycles. The number of ketones is 1. The van der Waals surface area contributed by atoms with Gasteiger partial charge in [0, 0.05) is 12.0 Å². The van der Waals surface area contributed by atoms with Crippen molar-refractivity contribution in [3.63, 3.8) is 0 Å². The van der Waals surface area contributed by atoms with Crippen LogP contribution in [0.3, 0.4) is 0 Å². The molecule has 0 atom stereocenters. The Morgan fingerprint density at radius 2 is 2.00 bits per heavy atom. The monoisotopic (exact) mass is 219 g/mol. The fraction of sp³-hybridized carbons (Fsp3) is 0.385. The van der Waals surface area contributed by atoms with Gasteiger partial charge < -0.3 is 4.84 Å². The number of carbonyl (C=O) groups excluding carboxylic acids is 1. The first-order valence-corrected chi connectivity index (χ1v) is 5.47. The molecule has 0 N–H and O–H groups in total. The summed E-state index contributed by atoms with van der Waals surface area (Å²) in [6.07, 6.45) is 1.30. The van der Waals surface area contributed by atoms with E-state index in [2.05, 4.69) is 12.1 Å². The Kier molecular flexibility index (Phi) is 4.70. The Labute approximate surface area is 96.1 Å². The minimum absolute atomic E-state index is 0.00255. The van der Waals surface area contributed by atoms with Crippen LogP contribution in [0.1, 0.15) is 31.4 Å². The van der Waals surface area contributed by atoms with Gasteiger partial charge in [0.15, 0.2) is 11.5 Å². The van der Waals surface area contributed by atoms with Gasteiger partial charge in [0.05, 0.1) is 0 Å². The lowest BCUT2D eigenvalue weighted by atomic mass is 9.98. The highest BCUT2D eigenvalue weighted by Crippen LogP contribution is 2.12. The average molecular weight is 219 g/mol. The first-order chi connectivity index (χ1) is 7.74. The van der Waals surface area contributed by atoms with Gasteiger partial charge >= 0.3 is 0 Å². The van der Waals surface area contributed by atoms with Gasteiger partial charge in [0.1, 0.15) is 7.11 Å². The molecule has 0 heterocycles. The van der Waals surface area contributed by atoms with Crippen molar-refractivity contribution in [2.75, 3.05) is 7.11 Å². The number of hydrogen-bond donors (Lipinski definition) is 0. The zero-order valence-electron chi connectivity index (χ0n) is 9.99. The van der Waals surface area contributed by atoms with Crippen LogP contribution in [0.15, 0.2) is 29.4 Å². The summed E-state index contributed by atoms with van der Waals surface area (Å²) in [5.41, 5.74) is 2.40. The molecule has 0 amide bonds. The number of benzene rings is 1. The van der Waals surface area contributed by atoms with Crippen LogP contribution >= 0.6 is 0 Å². The molecule has 0 aliphatic carbocycles. The Balaban J connectivity index is 3.21. The molecule has 1 rings (SSSR count). The van der Waals surface area contributed by atoms with Gasteiger partial charge in [-0.1, -0.05) is 43.3 Å². The third-order valence-electron chi connectivity index (χ3n) is 2.42. The van der Waals surface area contributed by atoms with Gasteiger partial charge in [-0.3, -0.25) is 4.79 Å². The number of rotatable bonds is 5. The van der Waals surface area contributed by atoms with Crippen LogP contribution in [-0.2, 0) is 16.1 Å². The number of carbonyl (C=O) groups is 1. The van der Waals surface area contributed by atoms with E-state index in [1.807, 2.05) is 31.2 Å².